The summed E-state index contributed by atoms with van der Waals surface area (Å²) in [6.45, 7) is 2.11. The summed E-state index contributed by atoms with van der Waals surface area (Å²) in [7, 11) is 4.03. The summed E-state index contributed by atoms with van der Waals surface area (Å²) < 4.78 is 6.06. The van der Waals surface area contributed by atoms with Crippen molar-refractivity contribution in [2.24, 2.45) is 11.8 Å². The molecule has 4 atom stereocenters. The Morgan fingerprint density at radius 2 is 1.95 bits per heavy atom. The molecule has 20 heavy (non-hydrogen) atoms. The lowest BCUT2D eigenvalue weighted by atomic mass is 9.78. The number of hydrogen-bond donors (Lipinski definition) is 2. The van der Waals surface area contributed by atoms with Crippen molar-refractivity contribution in [3.8, 4) is 5.75 Å². The Morgan fingerprint density at radius 3 is 2.70 bits per heavy atom. The maximum atomic E-state index is 10.3. The number of aliphatic hydroxyl groups is 1. The number of fused-ring (bicyclic) bond motifs is 1. The van der Waals surface area contributed by atoms with Crippen molar-refractivity contribution >= 4 is 5.69 Å². The quantitative estimate of drug-likeness (QED) is 0.878. The Kier molecular flexibility index (Phi) is 3.85. The van der Waals surface area contributed by atoms with E-state index >= 15 is 0 Å². The molecule has 1 saturated carbocycles. The van der Waals surface area contributed by atoms with E-state index in [9.17, 15) is 5.11 Å². The van der Waals surface area contributed by atoms with Crippen LogP contribution in [0.5, 0.6) is 5.75 Å². The first kappa shape index (κ1) is 13.7. The first-order chi connectivity index (χ1) is 9.63. The largest absolute Gasteiger partial charge is 0.488 e. The minimum absolute atomic E-state index is 0.0754. The van der Waals surface area contributed by atoms with Gasteiger partial charge in [0.1, 0.15) is 11.9 Å². The second-order valence-corrected chi connectivity index (χ2v) is 6.27. The fourth-order valence-corrected chi connectivity index (χ4v) is 3.39. The summed E-state index contributed by atoms with van der Waals surface area (Å²) in [5, 5.41) is 13.7. The highest BCUT2D eigenvalue weighted by Gasteiger charge is 2.39. The molecule has 1 aliphatic heterocycles. The Bertz CT molecular complexity index is 464. The molecule has 4 heteroatoms. The van der Waals surface area contributed by atoms with Gasteiger partial charge in [-0.25, -0.2) is 0 Å². The van der Waals surface area contributed by atoms with Crippen LogP contribution in [0, 0.1) is 11.8 Å². The Morgan fingerprint density at radius 1 is 1.20 bits per heavy atom. The van der Waals surface area contributed by atoms with Gasteiger partial charge in [-0.2, -0.15) is 0 Å². The van der Waals surface area contributed by atoms with E-state index in [-0.39, 0.29) is 12.2 Å². The van der Waals surface area contributed by atoms with E-state index in [0.717, 1.165) is 37.4 Å². The molecule has 1 saturated heterocycles. The van der Waals surface area contributed by atoms with Crippen molar-refractivity contribution in [1.82, 2.24) is 5.32 Å². The highest BCUT2D eigenvalue weighted by Crippen LogP contribution is 2.35. The van der Waals surface area contributed by atoms with E-state index in [0.29, 0.717) is 11.8 Å². The molecule has 2 fully saturated rings. The van der Waals surface area contributed by atoms with Crippen LogP contribution in [0.4, 0.5) is 5.69 Å². The van der Waals surface area contributed by atoms with Gasteiger partial charge in [0.25, 0.3) is 0 Å². The number of anilines is 1. The number of aliphatic hydroxyl groups excluding tert-OH is 1. The van der Waals surface area contributed by atoms with E-state index in [1.165, 1.54) is 0 Å². The van der Waals surface area contributed by atoms with E-state index in [1.54, 1.807) is 0 Å². The summed E-state index contributed by atoms with van der Waals surface area (Å²) >= 11 is 0. The van der Waals surface area contributed by atoms with E-state index in [4.69, 9.17) is 4.74 Å². The minimum Gasteiger partial charge on any atom is -0.488 e. The van der Waals surface area contributed by atoms with Gasteiger partial charge in [0.15, 0.2) is 0 Å². The van der Waals surface area contributed by atoms with Gasteiger partial charge in [-0.3, -0.25) is 0 Å². The van der Waals surface area contributed by atoms with Gasteiger partial charge in [0, 0.05) is 25.8 Å². The fourth-order valence-electron chi connectivity index (χ4n) is 3.39. The van der Waals surface area contributed by atoms with Crippen molar-refractivity contribution in [1.29, 1.82) is 0 Å². The zero-order valence-electron chi connectivity index (χ0n) is 12.2. The molecule has 0 bridgehead atoms. The van der Waals surface area contributed by atoms with Crippen molar-refractivity contribution in [3.05, 3.63) is 24.3 Å². The third-order valence-corrected chi connectivity index (χ3v) is 4.61. The average molecular weight is 276 g/mol. The molecule has 0 spiro atoms. The van der Waals surface area contributed by atoms with Crippen molar-refractivity contribution in [2.45, 2.75) is 25.0 Å². The third-order valence-electron chi connectivity index (χ3n) is 4.61. The summed E-state index contributed by atoms with van der Waals surface area (Å²) in [6, 6.07) is 8.06. The van der Waals surface area contributed by atoms with E-state index in [2.05, 4.69) is 16.3 Å². The zero-order chi connectivity index (χ0) is 14.1. The number of benzene rings is 1. The molecular formula is C16H24N2O2. The minimum atomic E-state index is -0.348. The maximum absolute atomic E-state index is 10.3. The molecule has 0 radical (unpaired) electrons. The van der Waals surface area contributed by atoms with Crippen LogP contribution in [0.1, 0.15) is 12.8 Å². The third kappa shape index (κ3) is 2.76. The molecule has 4 nitrogen and oxygen atoms in total. The lowest BCUT2D eigenvalue weighted by Gasteiger charge is -2.35. The van der Waals surface area contributed by atoms with Gasteiger partial charge >= 0.3 is 0 Å². The molecule has 3 rings (SSSR count). The summed E-state index contributed by atoms with van der Waals surface area (Å²) in [6.07, 6.45) is 1.38. The number of hydrogen-bond acceptors (Lipinski definition) is 4. The number of nitrogens with one attached hydrogen (secondary N) is 1. The molecule has 1 heterocycles. The molecule has 2 aliphatic rings. The van der Waals surface area contributed by atoms with Crippen molar-refractivity contribution < 1.29 is 9.84 Å². The molecule has 0 amide bonds. The molecule has 1 aromatic rings. The highest BCUT2D eigenvalue weighted by atomic mass is 16.5. The van der Waals surface area contributed by atoms with E-state index < -0.39 is 0 Å². The average Bonchev–Trinajstić information content (AvgIpc) is 2.86. The van der Waals surface area contributed by atoms with Crippen LogP contribution >= 0.6 is 0 Å². The molecule has 0 aromatic heterocycles. The van der Waals surface area contributed by atoms with Crippen molar-refractivity contribution in [3.63, 3.8) is 0 Å². The second-order valence-electron chi connectivity index (χ2n) is 6.27. The standard InChI is InChI=1S/C16H24N2O2/c1-18(2)13-4-3-5-14(8-13)20-16-7-12-10-17-9-11(12)6-15(16)19/h3-5,8,11-12,15-17,19H,6-7,9-10H2,1-2H3/t11-,12+,15+,16+/m0/s1. The maximum Gasteiger partial charge on any atom is 0.125 e. The van der Waals surface area contributed by atoms with Crippen LogP contribution in [-0.2, 0) is 0 Å². The van der Waals surface area contributed by atoms with Crippen LogP contribution < -0.4 is 15.0 Å². The molecule has 2 N–H and O–H groups in total. The Hall–Kier alpha value is -1.26. The summed E-state index contributed by atoms with van der Waals surface area (Å²) in [5.41, 5.74) is 1.12. The number of ether oxygens (including phenoxy) is 1. The Balaban J connectivity index is 1.69. The molecule has 110 valence electrons. The van der Waals surface area contributed by atoms with Crippen LogP contribution in [0.15, 0.2) is 24.3 Å². The normalized spacial score (nSPS) is 32.8. The van der Waals surface area contributed by atoms with Gasteiger partial charge in [0.2, 0.25) is 0 Å². The van der Waals surface area contributed by atoms with Crippen LogP contribution in [-0.4, -0.2) is 44.5 Å². The van der Waals surface area contributed by atoms with E-state index in [1.807, 2.05) is 32.3 Å². The predicted molar refractivity (Wildman–Crippen MR) is 80.3 cm³/mol. The molecule has 1 aliphatic carbocycles. The fraction of sp³-hybridized carbons (Fsp3) is 0.625. The SMILES string of the molecule is CN(C)c1cccc(O[C@@H]2C[C@@H]3CNC[C@@H]3C[C@H]2O)c1. The van der Waals surface area contributed by atoms with Crippen LogP contribution in [0.2, 0.25) is 0 Å². The van der Waals surface area contributed by atoms with Gasteiger partial charge in [-0.1, -0.05) is 6.07 Å². The summed E-state index contributed by atoms with van der Waals surface area (Å²) in [5.74, 6) is 2.13. The zero-order valence-corrected chi connectivity index (χ0v) is 12.2. The van der Waals surface area contributed by atoms with Gasteiger partial charge in [-0.05, 0) is 49.9 Å². The Labute approximate surface area is 120 Å². The van der Waals surface area contributed by atoms with Gasteiger partial charge in [-0.15, -0.1) is 0 Å². The smallest absolute Gasteiger partial charge is 0.125 e. The molecular weight excluding hydrogens is 252 g/mol. The lowest BCUT2D eigenvalue weighted by Crippen LogP contribution is -2.42. The second kappa shape index (κ2) is 5.62. The summed E-state index contributed by atoms with van der Waals surface area (Å²) in [4.78, 5) is 2.06. The molecule has 1 aromatic carbocycles. The molecule has 0 unspecified atom stereocenters. The first-order valence-electron chi connectivity index (χ1n) is 7.46. The van der Waals surface area contributed by atoms with Gasteiger partial charge in [0.05, 0.1) is 6.10 Å². The monoisotopic (exact) mass is 276 g/mol. The predicted octanol–water partition coefficient (Wildman–Crippen LogP) is 1.49. The highest BCUT2D eigenvalue weighted by molar-refractivity contribution is 5.49. The first-order valence-corrected chi connectivity index (χ1v) is 7.46. The topological polar surface area (TPSA) is 44.7 Å². The van der Waals surface area contributed by atoms with Crippen LogP contribution in [0.25, 0.3) is 0 Å². The van der Waals surface area contributed by atoms with Gasteiger partial charge < -0.3 is 20.1 Å². The van der Waals surface area contributed by atoms with Crippen LogP contribution in [0.3, 0.4) is 0 Å². The van der Waals surface area contributed by atoms with Crippen molar-refractivity contribution in [2.75, 3.05) is 32.1 Å². The lowest BCUT2D eigenvalue weighted by molar-refractivity contribution is -0.0231. The number of rotatable bonds is 3. The number of nitrogens with zero attached hydrogens (tertiary/aromatic N) is 1.